The number of hydrogen-bond donors (Lipinski definition) is 0. The molecule has 4 heterocycles. The van der Waals surface area contributed by atoms with Gasteiger partial charge in [-0.25, -0.2) is 9.78 Å². The van der Waals surface area contributed by atoms with E-state index in [9.17, 15) is 4.79 Å². The Kier molecular flexibility index (Phi) is 3.98. The van der Waals surface area contributed by atoms with E-state index in [0.717, 1.165) is 43.2 Å². The second-order valence-corrected chi connectivity index (χ2v) is 8.10. The number of amides is 2. The van der Waals surface area contributed by atoms with E-state index in [0.29, 0.717) is 24.8 Å². The van der Waals surface area contributed by atoms with E-state index in [-0.39, 0.29) is 11.4 Å². The number of rotatable bonds is 1. The van der Waals surface area contributed by atoms with Crippen LogP contribution in [0.5, 0.6) is 0 Å². The Morgan fingerprint density at radius 2 is 2.00 bits per heavy atom. The smallest absolute Gasteiger partial charge is 0.324 e. The van der Waals surface area contributed by atoms with Crippen LogP contribution in [0.2, 0.25) is 5.02 Å². The molecule has 5 rings (SSSR count). The molecular formula is C20H21ClN4O2. The van der Waals surface area contributed by atoms with E-state index in [4.69, 9.17) is 16.3 Å². The molecule has 0 N–H and O–H groups in total. The summed E-state index contributed by atoms with van der Waals surface area (Å²) in [6.07, 6.45) is 1.82. The number of hydrogen-bond acceptors (Lipinski definition) is 4. The van der Waals surface area contributed by atoms with Gasteiger partial charge in [0, 0.05) is 48.4 Å². The van der Waals surface area contributed by atoms with Crippen molar-refractivity contribution < 1.29 is 9.53 Å². The predicted molar refractivity (Wildman–Crippen MR) is 104 cm³/mol. The van der Waals surface area contributed by atoms with Gasteiger partial charge >= 0.3 is 6.03 Å². The van der Waals surface area contributed by atoms with Gasteiger partial charge in [-0.05, 0) is 30.3 Å². The normalized spacial score (nSPS) is 20.6. The van der Waals surface area contributed by atoms with Gasteiger partial charge < -0.3 is 14.5 Å². The van der Waals surface area contributed by atoms with E-state index in [1.807, 2.05) is 52.4 Å². The monoisotopic (exact) mass is 384 g/mol. The summed E-state index contributed by atoms with van der Waals surface area (Å²) in [4.78, 5) is 23.6. The number of aromatic nitrogens is 1. The van der Waals surface area contributed by atoms with Gasteiger partial charge in [0.2, 0.25) is 0 Å². The molecule has 0 saturated carbocycles. The molecule has 140 valence electrons. The van der Waals surface area contributed by atoms with Crippen LogP contribution in [0.1, 0.15) is 5.56 Å². The molecule has 27 heavy (non-hydrogen) atoms. The summed E-state index contributed by atoms with van der Waals surface area (Å²) in [7, 11) is 0. The van der Waals surface area contributed by atoms with E-state index in [2.05, 4.69) is 9.88 Å². The largest absolute Gasteiger partial charge is 0.375 e. The molecule has 0 unspecified atom stereocenters. The number of fused-ring (bicyclic) bond motifs is 1. The number of urea groups is 1. The van der Waals surface area contributed by atoms with Crippen molar-refractivity contribution >= 4 is 29.1 Å². The lowest BCUT2D eigenvalue weighted by molar-refractivity contribution is 0.00939. The first-order chi connectivity index (χ1) is 13.1. The molecule has 0 atom stereocenters. The first-order valence-corrected chi connectivity index (χ1v) is 9.60. The van der Waals surface area contributed by atoms with Crippen LogP contribution in [-0.4, -0.2) is 55.2 Å². The third-order valence-corrected chi connectivity index (χ3v) is 5.86. The highest BCUT2D eigenvalue weighted by Gasteiger charge is 2.54. The SMILES string of the molecule is O=C(N1CC2(C1)CN(c1ccccn1)C2)N1CCOCc2cc(Cl)ccc21. The Morgan fingerprint density at radius 1 is 1.15 bits per heavy atom. The molecule has 0 radical (unpaired) electrons. The average molecular weight is 385 g/mol. The molecule has 1 spiro atoms. The molecule has 0 aliphatic carbocycles. The first kappa shape index (κ1) is 16.8. The van der Waals surface area contributed by atoms with Crippen molar-refractivity contribution in [1.82, 2.24) is 9.88 Å². The van der Waals surface area contributed by atoms with Crippen LogP contribution in [0.25, 0.3) is 0 Å². The number of anilines is 2. The zero-order valence-corrected chi connectivity index (χ0v) is 15.7. The maximum absolute atomic E-state index is 13.1. The molecule has 0 bridgehead atoms. The summed E-state index contributed by atoms with van der Waals surface area (Å²) >= 11 is 6.11. The Bertz CT molecular complexity index is 862. The van der Waals surface area contributed by atoms with Crippen molar-refractivity contribution in [3.05, 3.63) is 53.2 Å². The predicted octanol–water partition coefficient (Wildman–Crippen LogP) is 3.01. The molecular weight excluding hydrogens is 364 g/mol. The molecule has 3 aliphatic heterocycles. The maximum atomic E-state index is 13.1. The molecule has 2 fully saturated rings. The van der Waals surface area contributed by atoms with Crippen LogP contribution in [-0.2, 0) is 11.3 Å². The molecule has 2 aromatic rings. The van der Waals surface area contributed by atoms with Crippen LogP contribution in [0.3, 0.4) is 0 Å². The van der Waals surface area contributed by atoms with Gasteiger partial charge in [0.25, 0.3) is 0 Å². The zero-order valence-electron chi connectivity index (χ0n) is 15.0. The van der Waals surface area contributed by atoms with Crippen molar-refractivity contribution in [3.63, 3.8) is 0 Å². The topological polar surface area (TPSA) is 48.9 Å². The molecule has 1 aromatic carbocycles. The number of pyridine rings is 1. The van der Waals surface area contributed by atoms with E-state index < -0.39 is 0 Å². The van der Waals surface area contributed by atoms with Gasteiger partial charge in [-0.1, -0.05) is 17.7 Å². The Morgan fingerprint density at radius 3 is 2.78 bits per heavy atom. The minimum Gasteiger partial charge on any atom is -0.375 e. The molecule has 2 saturated heterocycles. The highest BCUT2D eigenvalue weighted by molar-refractivity contribution is 6.30. The van der Waals surface area contributed by atoms with Crippen LogP contribution in [0, 0.1) is 5.41 Å². The standard InChI is InChI=1S/C20H21ClN4O2/c21-16-4-5-17-15(9-16)10-27-8-7-25(17)19(26)24-13-20(14-24)11-23(12-20)18-3-1-2-6-22-18/h1-6,9H,7-8,10-14H2. The minimum absolute atomic E-state index is 0.0611. The van der Waals surface area contributed by atoms with Crippen molar-refractivity contribution in [3.8, 4) is 0 Å². The number of carbonyl (C=O) groups excluding carboxylic acids is 1. The lowest BCUT2D eigenvalue weighted by Gasteiger charge is -2.60. The van der Waals surface area contributed by atoms with Crippen LogP contribution in [0.4, 0.5) is 16.3 Å². The molecule has 3 aliphatic rings. The Balaban J connectivity index is 1.25. The molecule has 6 nitrogen and oxygen atoms in total. The maximum Gasteiger partial charge on any atom is 0.324 e. The van der Waals surface area contributed by atoms with Gasteiger partial charge in [-0.3, -0.25) is 4.90 Å². The first-order valence-electron chi connectivity index (χ1n) is 9.22. The van der Waals surface area contributed by atoms with E-state index in [1.54, 1.807) is 0 Å². The second kappa shape index (κ2) is 6.39. The fourth-order valence-corrected chi connectivity index (χ4v) is 4.52. The summed E-state index contributed by atoms with van der Waals surface area (Å²) < 4.78 is 5.64. The molecule has 7 heteroatoms. The van der Waals surface area contributed by atoms with Gasteiger partial charge in [-0.15, -0.1) is 0 Å². The quantitative estimate of drug-likeness (QED) is 0.758. The number of ether oxygens (including phenoxy) is 1. The van der Waals surface area contributed by atoms with Gasteiger partial charge in [0.05, 0.1) is 25.4 Å². The van der Waals surface area contributed by atoms with Crippen LogP contribution >= 0.6 is 11.6 Å². The third kappa shape index (κ3) is 2.93. The summed E-state index contributed by atoms with van der Waals surface area (Å²) in [5, 5.41) is 0.665. The van der Waals surface area contributed by atoms with Crippen LogP contribution in [0.15, 0.2) is 42.6 Å². The fourth-order valence-electron chi connectivity index (χ4n) is 4.33. The summed E-state index contributed by atoms with van der Waals surface area (Å²) in [6.45, 7) is 5.11. The van der Waals surface area contributed by atoms with E-state index in [1.165, 1.54) is 0 Å². The zero-order chi connectivity index (χ0) is 18.4. The van der Waals surface area contributed by atoms with Crippen LogP contribution < -0.4 is 9.80 Å². The average Bonchev–Trinajstić information content (AvgIpc) is 2.82. The van der Waals surface area contributed by atoms with Crippen molar-refractivity contribution in [2.45, 2.75) is 6.61 Å². The lowest BCUT2D eigenvalue weighted by atomic mass is 9.73. The molecule has 2 amide bonds. The summed E-state index contributed by atoms with van der Waals surface area (Å²) in [5.41, 5.74) is 2.10. The third-order valence-electron chi connectivity index (χ3n) is 5.63. The van der Waals surface area contributed by atoms with Gasteiger partial charge in [0.1, 0.15) is 5.82 Å². The Hall–Kier alpha value is -2.31. The number of halogens is 1. The number of benzene rings is 1. The highest BCUT2D eigenvalue weighted by atomic mass is 35.5. The lowest BCUT2D eigenvalue weighted by Crippen LogP contribution is -2.74. The van der Waals surface area contributed by atoms with Gasteiger partial charge in [0.15, 0.2) is 0 Å². The second-order valence-electron chi connectivity index (χ2n) is 7.66. The Labute approximate surface area is 163 Å². The number of likely N-dealkylation sites (tertiary alicyclic amines) is 1. The minimum atomic E-state index is 0.0611. The fraction of sp³-hybridized carbons (Fsp3) is 0.400. The molecule has 1 aromatic heterocycles. The van der Waals surface area contributed by atoms with E-state index >= 15 is 0 Å². The summed E-state index contributed by atoms with van der Waals surface area (Å²) in [5.74, 6) is 1.02. The van der Waals surface area contributed by atoms with Crippen molar-refractivity contribution in [2.24, 2.45) is 5.41 Å². The number of carbonyl (C=O) groups is 1. The van der Waals surface area contributed by atoms with Gasteiger partial charge in [-0.2, -0.15) is 0 Å². The highest BCUT2D eigenvalue weighted by Crippen LogP contribution is 2.42. The summed E-state index contributed by atoms with van der Waals surface area (Å²) in [6, 6.07) is 11.7. The number of nitrogens with zero attached hydrogens (tertiary/aromatic N) is 4. The van der Waals surface area contributed by atoms with Crippen molar-refractivity contribution in [1.29, 1.82) is 0 Å². The van der Waals surface area contributed by atoms with Crippen molar-refractivity contribution in [2.75, 3.05) is 49.1 Å².